The number of carbonyl (C=O) groups is 2. The Bertz CT molecular complexity index is 1650. The van der Waals surface area contributed by atoms with Crippen LogP contribution in [0, 0.1) is 5.82 Å². The Labute approximate surface area is 225 Å². The highest BCUT2D eigenvalue weighted by Crippen LogP contribution is 2.27. The van der Waals surface area contributed by atoms with Gasteiger partial charge in [0.15, 0.2) is 0 Å². The Morgan fingerprint density at radius 1 is 1.08 bits per heavy atom. The lowest BCUT2D eigenvalue weighted by Gasteiger charge is -2.25. The van der Waals surface area contributed by atoms with Crippen LogP contribution in [0.4, 0.5) is 4.39 Å². The van der Waals surface area contributed by atoms with Gasteiger partial charge in [-0.2, -0.15) is 0 Å². The van der Waals surface area contributed by atoms with Crippen molar-refractivity contribution in [3.8, 4) is 0 Å². The number of H-pyrrole nitrogens is 2. The Hall–Kier alpha value is -3.70. The van der Waals surface area contributed by atoms with Crippen molar-refractivity contribution in [3.05, 3.63) is 85.3 Å². The number of aromatic nitrogens is 5. The normalized spacial score (nSPS) is 15.3. The van der Waals surface area contributed by atoms with Gasteiger partial charge in [0.1, 0.15) is 23.0 Å². The first-order chi connectivity index (χ1) is 18.3. The van der Waals surface area contributed by atoms with Crippen molar-refractivity contribution in [2.24, 2.45) is 0 Å². The number of hydrogen-bond acceptors (Lipinski definition) is 4. The Morgan fingerprint density at radius 2 is 1.87 bits per heavy atom. The van der Waals surface area contributed by atoms with E-state index < -0.39 is 11.7 Å². The number of likely N-dealkylation sites (tertiary alicyclic amines) is 1. The number of carbonyl (C=O) groups excluding carboxylic acids is 2. The molecule has 2 aliphatic heterocycles. The van der Waals surface area contributed by atoms with Gasteiger partial charge in [-0.05, 0) is 36.6 Å². The van der Waals surface area contributed by atoms with Crippen molar-refractivity contribution in [3.63, 3.8) is 0 Å². The summed E-state index contributed by atoms with van der Waals surface area (Å²) in [5.74, 6) is -0.285. The van der Waals surface area contributed by atoms with E-state index in [1.165, 1.54) is 33.7 Å². The minimum absolute atomic E-state index is 0.0684. The summed E-state index contributed by atoms with van der Waals surface area (Å²) in [5.41, 5.74) is 1.15. The van der Waals surface area contributed by atoms with Crippen LogP contribution in [0.15, 0.2) is 35.3 Å². The molecule has 13 heteroatoms. The fourth-order valence-corrected chi connectivity index (χ4v) is 5.60. The Balaban J connectivity index is 1.24. The summed E-state index contributed by atoms with van der Waals surface area (Å²) in [5, 5.41) is 7.53. The number of fused-ring (bicyclic) bond motifs is 2. The molecule has 4 aromatic rings. The summed E-state index contributed by atoms with van der Waals surface area (Å²) in [6.07, 6.45) is 3.75. The van der Waals surface area contributed by atoms with Crippen LogP contribution < -0.4 is 10.1 Å². The van der Waals surface area contributed by atoms with Gasteiger partial charge >= 0.3 is 11.7 Å². The summed E-state index contributed by atoms with van der Waals surface area (Å²) in [6.45, 7) is 2.28. The maximum atomic E-state index is 14.9. The van der Waals surface area contributed by atoms with Gasteiger partial charge in [-0.1, -0.05) is 29.3 Å². The smallest absolute Gasteiger partial charge is 0.333 e. The number of nitrogens with zero attached hydrogens (tertiary/aromatic N) is 5. The molecule has 38 heavy (non-hydrogen) atoms. The molecule has 1 fully saturated rings. The van der Waals surface area contributed by atoms with E-state index in [2.05, 4.69) is 15.2 Å². The molecular weight excluding hydrogens is 536 g/mol. The number of amides is 2. The van der Waals surface area contributed by atoms with Crippen molar-refractivity contribution >= 4 is 40.5 Å². The standard InChI is InChI=1S/C25H22Cl2FN7O3/c26-17-11-19-23(36)29-12-15(35(19)21(17)27)9-14-3-4-18(28)16(10-14)24(37)33-7-8-34-20(13-33)30-31-22(34)25(38)32-5-1-2-6-32/h3-4,10-12H,1-2,5-9,13H2,(H,29,36)/p+1. The zero-order valence-electron chi connectivity index (χ0n) is 20.1. The molecule has 0 aliphatic carbocycles. The van der Waals surface area contributed by atoms with Gasteiger partial charge in [0.05, 0.1) is 23.7 Å². The number of halogens is 3. The molecule has 1 saturated heterocycles. The third-order valence-corrected chi connectivity index (χ3v) is 7.87. The van der Waals surface area contributed by atoms with E-state index in [1.807, 2.05) is 0 Å². The summed E-state index contributed by atoms with van der Waals surface area (Å²) in [6, 6.07) is 5.82. The van der Waals surface area contributed by atoms with Gasteiger partial charge in [-0.15, -0.1) is 5.10 Å². The molecule has 2 aliphatic rings. The van der Waals surface area contributed by atoms with Crippen molar-refractivity contribution in [1.29, 1.82) is 0 Å². The molecule has 10 nitrogen and oxygen atoms in total. The monoisotopic (exact) mass is 558 g/mol. The number of aromatic amines is 2. The van der Waals surface area contributed by atoms with E-state index in [9.17, 15) is 18.8 Å². The van der Waals surface area contributed by atoms with Crippen LogP contribution in [0.3, 0.4) is 0 Å². The largest absolute Gasteiger partial charge is 0.366 e. The van der Waals surface area contributed by atoms with E-state index in [0.717, 1.165) is 25.9 Å². The average Bonchev–Trinajstić information content (AvgIpc) is 3.66. The lowest BCUT2D eigenvalue weighted by atomic mass is 10.0. The maximum Gasteiger partial charge on any atom is 0.366 e. The molecule has 0 bridgehead atoms. The third kappa shape index (κ3) is 4.15. The molecule has 0 spiro atoms. The molecule has 2 amide bonds. The molecule has 2 N–H and O–H groups in total. The topological polar surface area (TPSA) is 110 Å². The fraction of sp³-hybridized carbons (Fsp3) is 0.320. The second-order valence-electron chi connectivity index (χ2n) is 9.48. The molecule has 0 radical (unpaired) electrons. The van der Waals surface area contributed by atoms with Crippen LogP contribution in [0.25, 0.3) is 5.52 Å². The van der Waals surface area contributed by atoms with E-state index in [0.29, 0.717) is 41.5 Å². The third-order valence-electron chi connectivity index (χ3n) is 7.11. The molecular formula is C25H23Cl2FN7O3+. The summed E-state index contributed by atoms with van der Waals surface area (Å²) >= 11 is 12.4. The number of hydrogen-bond donors (Lipinski definition) is 2. The van der Waals surface area contributed by atoms with E-state index in [4.69, 9.17) is 23.2 Å². The molecule has 3 aromatic heterocycles. The predicted octanol–water partition coefficient (Wildman–Crippen LogP) is 2.57. The number of benzene rings is 1. The van der Waals surface area contributed by atoms with Crippen molar-refractivity contribution in [1.82, 2.24) is 29.4 Å². The van der Waals surface area contributed by atoms with Gasteiger partial charge in [-0.25, -0.2) is 8.96 Å². The van der Waals surface area contributed by atoms with Crippen LogP contribution in [0.1, 0.15) is 50.9 Å². The zero-order valence-corrected chi connectivity index (χ0v) is 21.7. The Kier molecular flexibility index (Phi) is 6.19. The van der Waals surface area contributed by atoms with Gasteiger partial charge in [0.25, 0.3) is 17.3 Å². The molecule has 5 heterocycles. The van der Waals surface area contributed by atoms with E-state index in [1.54, 1.807) is 15.5 Å². The van der Waals surface area contributed by atoms with Crippen LogP contribution >= 0.6 is 23.2 Å². The lowest BCUT2D eigenvalue weighted by Crippen LogP contribution is -2.54. The molecule has 196 valence electrons. The minimum Gasteiger partial charge on any atom is -0.333 e. The molecule has 0 atom stereocenters. The highest BCUT2D eigenvalue weighted by Gasteiger charge is 2.36. The van der Waals surface area contributed by atoms with Gasteiger partial charge < -0.3 is 14.8 Å². The first-order valence-electron chi connectivity index (χ1n) is 12.2. The van der Waals surface area contributed by atoms with Crippen LogP contribution in [0.5, 0.6) is 0 Å². The fourth-order valence-electron chi connectivity index (χ4n) is 5.15. The second kappa shape index (κ2) is 9.55. The molecule has 6 rings (SSSR count). The van der Waals surface area contributed by atoms with Crippen LogP contribution in [-0.2, 0) is 19.5 Å². The quantitative estimate of drug-likeness (QED) is 0.375. The van der Waals surface area contributed by atoms with Crippen LogP contribution in [0.2, 0.25) is 10.2 Å². The van der Waals surface area contributed by atoms with Crippen molar-refractivity contribution in [2.75, 3.05) is 19.6 Å². The summed E-state index contributed by atoms with van der Waals surface area (Å²) in [4.78, 5) is 44.4. The zero-order chi connectivity index (χ0) is 26.6. The summed E-state index contributed by atoms with van der Waals surface area (Å²) in [7, 11) is 0. The van der Waals surface area contributed by atoms with Gasteiger partial charge in [0.2, 0.25) is 0 Å². The molecule has 1 aromatic carbocycles. The first kappa shape index (κ1) is 24.6. The van der Waals surface area contributed by atoms with Gasteiger partial charge in [-0.3, -0.25) is 18.8 Å². The van der Waals surface area contributed by atoms with E-state index in [-0.39, 0.29) is 40.2 Å². The van der Waals surface area contributed by atoms with Crippen LogP contribution in [-0.4, -0.2) is 60.8 Å². The maximum absolute atomic E-state index is 14.9. The number of nitrogens with one attached hydrogen (secondary N) is 2. The Morgan fingerprint density at radius 3 is 2.66 bits per heavy atom. The number of rotatable bonds is 4. The molecule has 0 unspecified atom stereocenters. The average molecular weight is 559 g/mol. The highest BCUT2D eigenvalue weighted by atomic mass is 35.5. The SMILES string of the molecule is O=C(c1cc(Cc2c[nH]c(=O)c3cc(Cl)c(Cl)n23)ccc1F)N1CC[n+]2c(C(=O)N3CCCC3)n[nH]c2C1. The highest BCUT2D eigenvalue weighted by molar-refractivity contribution is 6.42. The van der Waals surface area contributed by atoms with Gasteiger partial charge in [0, 0.05) is 36.5 Å². The molecule has 0 saturated carbocycles. The van der Waals surface area contributed by atoms with Crippen molar-refractivity contribution in [2.45, 2.75) is 32.4 Å². The summed E-state index contributed by atoms with van der Waals surface area (Å²) < 4.78 is 18.2. The lowest BCUT2D eigenvalue weighted by molar-refractivity contribution is -0.712. The second-order valence-corrected chi connectivity index (χ2v) is 10.2. The van der Waals surface area contributed by atoms with E-state index >= 15 is 0 Å². The predicted molar refractivity (Wildman–Crippen MR) is 136 cm³/mol. The first-order valence-corrected chi connectivity index (χ1v) is 13.0. The van der Waals surface area contributed by atoms with Crippen molar-refractivity contribution < 1.29 is 18.5 Å². The minimum atomic E-state index is -0.639.